The third-order valence-electron chi connectivity index (χ3n) is 4.15. The number of aromatic amines is 1. The Kier molecular flexibility index (Phi) is 2.64. The molecule has 21 heavy (non-hydrogen) atoms. The molecule has 5 heteroatoms. The standard InChI is InChI=1S/C16H19N5/c1-9(2)21-16-15(10(3)20-21)12(11-4-5-11)6-13(19-16)14-7-17-8-18-14/h6-9,11H,4-5H2,1-3H3,(H,17,18). The van der Waals surface area contributed by atoms with Gasteiger partial charge in [0.05, 0.1) is 29.6 Å². The van der Waals surface area contributed by atoms with E-state index in [4.69, 9.17) is 10.1 Å². The van der Waals surface area contributed by atoms with Crippen LogP contribution in [0.5, 0.6) is 0 Å². The first-order valence-electron chi connectivity index (χ1n) is 7.53. The molecule has 0 aromatic carbocycles. The van der Waals surface area contributed by atoms with E-state index in [1.807, 2.05) is 10.9 Å². The Morgan fingerprint density at radius 3 is 2.76 bits per heavy atom. The number of nitrogens with zero attached hydrogens (tertiary/aromatic N) is 4. The lowest BCUT2D eigenvalue weighted by Gasteiger charge is -2.09. The van der Waals surface area contributed by atoms with Crippen LogP contribution >= 0.6 is 0 Å². The number of pyridine rings is 1. The minimum Gasteiger partial charge on any atom is -0.343 e. The molecule has 0 amide bonds. The fourth-order valence-corrected chi connectivity index (χ4v) is 2.96. The van der Waals surface area contributed by atoms with Crippen LogP contribution in [0.2, 0.25) is 0 Å². The van der Waals surface area contributed by atoms with Gasteiger partial charge >= 0.3 is 0 Å². The van der Waals surface area contributed by atoms with Crippen molar-refractivity contribution in [1.29, 1.82) is 0 Å². The van der Waals surface area contributed by atoms with Crippen molar-refractivity contribution in [3.05, 3.63) is 29.8 Å². The lowest BCUT2D eigenvalue weighted by Crippen LogP contribution is -2.04. The summed E-state index contributed by atoms with van der Waals surface area (Å²) in [6, 6.07) is 2.52. The predicted octanol–water partition coefficient (Wildman–Crippen LogP) is 3.59. The number of aromatic nitrogens is 5. The van der Waals surface area contributed by atoms with Gasteiger partial charge < -0.3 is 4.98 Å². The van der Waals surface area contributed by atoms with Crippen molar-refractivity contribution < 1.29 is 0 Å². The highest BCUT2D eigenvalue weighted by molar-refractivity contribution is 5.85. The van der Waals surface area contributed by atoms with Crippen LogP contribution in [0.25, 0.3) is 22.4 Å². The third kappa shape index (κ3) is 1.95. The van der Waals surface area contributed by atoms with Gasteiger partial charge in [0.2, 0.25) is 0 Å². The normalized spacial score (nSPS) is 15.2. The summed E-state index contributed by atoms with van der Waals surface area (Å²) in [7, 11) is 0. The molecule has 0 bridgehead atoms. The van der Waals surface area contributed by atoms with Gasteiger partial charge in [0.1, 0.15) is 0 Å². The third-order valence-corrected chi connectivity index (χ3v) is 4.15. The van der Waals surface area contributed by atoms with Crippen LogP contribution in [0.15, 0.2) is 18.6 Å². The monoisotopic (exact) mass is 281 g/mol. The fourth-order valence-electron chi connectivity index (χ4n) is 2.96. The Morgan fingerprint density at radius 1 is 1.33 bits per heavy atom. The molecule has 1 fully saturated rings. The highest BCUT2D eigenvalue weighted by Gasteiger charge is 2.29. The van der Waals surface area contributed by atoms with Crippen LogP contribution in [0.3, 0.4) is 0 Å². The first-order valence-corrected chi connectivity index (χ1v) is 7.53. The van der Waals surface area contributed by atoms with Gasteiger partial charge in [-0.05, 0) is 51.2 Å². The summed E-state index contributed by atoms with van der Waals surface area (Å²) in [5, 5.41) is 5.96. The molecule has 1 N–H and O–H groups in total. The molecular weight excluding hydrogens is 262 g/mol. The van der Waals surface area contributed by atoms with E-state index in [-0.39, 0.29) is 0 Å². The van der Waals surface area contributed by atoms with Gasteiger partial charge in [-0.3, -0.25) is 0 Å². The molecule has 3 aromatic heterocycles. The van der Waals surface area contributed by atoms with Crippen molar-refractivity contribution in [3.63, 3.8) is 0 Å². The number of imidazole rings is 1. The van der Waals surface area contributed by atoms with Crippen LogP contribution < -0.4 is 0 Å². The van der Waals surface area contributed by atoms with Crippen molar-refractivity contribution in [2.24, 2.45) is 0 Å². The van der Waals surface area contributed by atoms with Crippen molar-refractivity contribution >= 4 is 11.0 Å². The number of hydrogen-bond donors (Lipinski definition) is 1. The minimum absolute atomic E-state index is 0.303. The van der Waals surface area contributed by atoms with Gasteiger partial charge in [-0.15, -0.1) is 0 Å². The number of hydrogen-bond acceptors (Lipinski definition) is 3. The highest BCUT2D eigenvalue weighted by Crippen LogP contribution is 2.44. The zero-order valence-corrected chi connectivity index (χ0v) is 12.6. The van der Waals surface area contributed by atoms with E-state index in [0.717, 1.165) is 22.7 Å². The fraction of sp³-hybridized carbons (Fsp3) is 0.438. The molecule has 0 radical (unpaired) electrons. The van der Waals surface area contributed by atoms with E-state index in [1.54, 1.807) is 6.33 Å². The summed E-state index contributed by atoms with van der Waals surface area (Å²) in [6.07, 6.45) is 6.07. The number of rotatable bonds is 3. The van der Waals surface area contributed by atoms with Crippen molar-refractivity contribution in [2.45, 2.75) is 45.6 Å². The van der Waals surface area contributed by atoms with Crippen LogP contribution in [0, 0.1) is 6.92 Å². The van der Waals surface area contributed by atoms with Crippen LogP contribution in [0.4, 0.5) is 0 Å². The second-order valence-electron chi connectivity index (χ2n) is 6.16. The maximum absolute atomic E-state index is 4.86. The molecule has 0 unspecified atom stereocenters. The molecule has 3 aromatic rings. The van der Waals surface area contributed by atoms with Gasteiger partial charge in [0.15, 0.2) is 5.65 Å². The lowest BCUT2D eigenvalue weighted by atomic mass is 10.0. The van der Waals surface area contributed by atoms with Crippen LogP contribution in [-0.2, 0) is 0 Å². The predicted molar refractivity (Wildman–Crippen MR) is 82.2 cm³/mol. The van der Waals surface area contributed by atoms with Gasteiger partial charge in [-0.1, -0.05) is 0 Å². The molecule has 4 rings (SSSR count). The van der Waals surface area contributed by atoms with Gasteiger partial charge in [0, 0.05) is 11.4 Å². The Hall–Kier alpha value is -2.17. The Balaban J connectivity index is 2.04. The summed E-state index contributed by atoms with van der Waals surface area (Å²) in [5.41, 5.74) is 5.41. The van der Waals surface area contributed by atoms with E-state index >= 15 is 0 Å². The highest BCUT2D eigenvalue weighted by atomic mass is 15.3. The summed E-state index contributed by atoms with van der Waals surface area (Å²) in [4.78, 5) is 12.1. The Labute approximate surface area is 123 Å². The molecule has 0 saturated heterocycles. The lowest BCUT2D eigenvalue weighted by molar-refractivity contribution is 0.543. The van der Waals surface area contributed by atoms with E-state index in [2.05, 4.69) is 36.8 Å². The molecule has 1 saturated carbocycles. The topological polar surface area (TPSA) is 59.4 Å². The van der Waals surface area contributed by atoms with E-state index in [0.29, 0.717) is 12.0 Å². The van der Waals surface area contributed by atoms with Gasteiger partial charge in [-0.25, -0.2) is 14.6 Å². The molecule has 0 aliphatic heterocycles. The first kappa shape index (κ1) is 12.6. The summed E-state index contributed by atoms with van der Waals surface area (Å²) < 4.78 is 2.04. The van der Waals surface area contributed by atoms with E-state index in [1.165, 1.54) is 23.8 Å². The molecule has 108 valence electrons. The second-order valence-corrected chi connectivity index (χ2v) is 6.16. The smallest absolute Gasteiger partial charge is 0.159 e. The van der Waals surface area contributed by atoms with Gasteiger partial charge in [-0.2, -0.15) is 5.10 Å². The molecule has 1 aliphatic rings. The summed E-state index contributed by atoms with van der Waals surface area (Å²) in [5.74, 6) is 0.667. The Morgan fingerprint density at radius 2 is 2.14 bits per heavy atom. The second kappa shape index (κ2) is 4.41. The van der Waals surface area contributed by atoms with Crippen molar-refractivity contribution in [3.8, 4) is 11.4 Å². The molecule has 1 aliphatic carbocycles. The zero-order chi connectivity index (χ0) is 14.6. The largest absolute Gasteiger partial charge is 0.343 e. The summed E-state index contributed by atoms with van der Waals surface area (Å²) >= 11 is 0. The Bertz CT molecular complexity index is 794. The molecule has 5 nitrogen and oxygen atoms in total. The quantitative estimate of drug-likeness (QED) is 0.798. The first-order chi connectivity index (χ1) is 10.1. The van der Waals surface area contributed by atoms with E-state index < -0.39 is 0 Å². The number of nitrogens with one attached hydrogen (secondary N) is 1. The number of fused-ring (bicyclic) bond motifs is 1. The minimum atomic E-state index is 0.303. The zero-order valence-electron chi connectivity index (χ0n) is 12.6. The molecule has 0 atom stereocenters. The maximum Gasteiger partial charge on any atom is 0.159 e. The van der Waals surface area contributed by atoms with Crippen LogP contribution in [-0.4, -0.2) is 24.7 Å². The number of aryl methyl sites for hydroxylation is 1. The average Bonchev–Trinajstić information content (AvgIpc) is 3.05. The average molecular weight is 281 g/mol. The van der Waals surface area contributed by atoms with Crippen molar-refractivity contribution in [1.82, 2.24) is 24.7 Å². The molecule has 0 spiro atoms. The number of H-pyrrole nitrogens is 1. The molecular formula is C16H19N5. The molecule has 3 heterocycles. The van der Waals surface area contributed by atoms with Crippen LogP contribution in [0.1, 0.15) is 49.9 Å². The van der Waals surface area contributed by atoms with E-state index in [9.17, 15) is 0 Å². The summed E-state index contributed by atoms with van der Waals surface area (Å²) in [6.45, 7) is 6.38. The maximum atomic E-state index is 4.86. The van der Waals surface area contributed by atoms with Crippen molar-refractivity contribution in [2.75, 3.05) is 0 Å². The SMILES string of the molecule is Cc1nn(C(C)C)c2nc(-c3cnc[nH]3)cc(C3CC3)c12. The van der Waals surface area contributed by atoms with Gasteiger partial charge in [0.25, 0.3) is 0 Å².